The lowest BCUT2D eigenvalue weighted by molar-refractivity contribution is -0.142. The second-order valence-electron chi connectivity index (χ2n) is 8.77. The fourth-order valence-corrected chi connectivity index (χ4v) is 3.57. The molecule has 2 amide bonds. The summed E-state index contributed by atoms with van der Waals surface area (Å²) in [5, 5.41) is 3.69. The Labute approximate surface area is 201 Å². The number of nitrogens with zero attached hydrogens (tertiary/aromatic N) is 1. The Kier molecular flexibility index (Phi) is 9.41. The van der Waals surface area contributed by atoms with Gasteiger partial charge in [0.2, 0.25) is 5.91 Å². The van der Waals surface area contributed by atoms with Gasteiger partial charge in [0.25, 0.3) is 5.91 Å². The van der Waals surface area contributed by atoms with Crippen molar-refractivity contribution in [3.63, 3.8) is 0 Å². The van der Waals surface area contributed by atoms with Gasteiger partial charge in [0, 0.05) is 13.1 Å². The van der Waals surface area contributed by atoms with Crippen molar-refractivity contribution in [3.8, 4) is 5.75 Å². The molecule has 2 aromatic carbocycles. The molecule has 5 nitrogen and oxygen atoms in total. The molecule has 1 N–H and O–H groups in total. The van der Waals surface area contributed by atoms with Crippen molar-refractivity contribution in [1.29, 1.82) is 0 Å². The molecule has 0 saturated heterocycles. The van der Waals surface area contributed by atoms with Crippen molar-refractivity contribution in [2.75, 3.05) is 13.2 Å². The normalized spacial score (nSPS) is 12.2. The van der Waals surface area contributed by atoms with Crippen molar-refractivity contribution >= 4 is 35.0 Å². The second kappa shape index (κ2) is 11.6. The minimum atomic E-state index is -0.676. The summed E-state index contributed by atoms with van der Waals surface area (Å²) in [6.07, 6.45) is 0.811. The van der Waals surface area contributed by atoms with Crippen LogP contribution in [0.1, 0.15) is 52.2 Å². The zero-order valence-electron chi connectivity index (χ0n) is 19.4. The summed E-state index contributed by atoms with van der Waals surface area (Å²) in [5.41, 5.74) is 1.66. The summed E-state index contributed by atoms with van der Waals surface area (Å²) in [6, 6.07) is 12.2. The number of rotatable bonds is 9. The summed E-state index contributed by atoms with van der Waals surface area (Å²) in [5.74, 6) is 0.153. The average Bonchev–Trinajstić information content (AvgIpc) is 2.75. The first-order chi connectivity index (χ1) is 15.0. The molecule has 0 aromatic heterocycles. The molecule has 32 heavy (non-hydrogen) atoms. The van der Waals surface area contributed by atoms with Crippen molar-refractivity contribution in [1.82, 2.24) is 10.2 Å². The third-order valence-electron chi connectivity index (χ3n) is 5.10. The largest absolute Gasteiger partial charge is 0.483 e. The monoisotopic (exact) mass is 478 g/mol. The molecule has 0 saturated carbocycles. The number of nitrogens with one attached hydrogen (secondary N) is 1. The Bertz CT molecular complexity index is 941. The van der Waals surface area contributed by atoms with Gasteiger partial charge in [0.05, 0.1) is 10.0 Å². The molecule has 0 fully saturated rings. The summed E-state index contributed by atoms with van der Waals surface area (Å²) < 4.78 is 5.93. The van der Waals surface area contributed by atoms with E-state index in [0.717, 1.165) is 17.5 Å². The van der Waals surface area contributed by atoms with E-state index in [9.17, 15) is 9.59 Å². The fourth-order valence-electron chi connectivity index (χ4n) is 3.25. The van der Waals surface area contributed by atoms with Crippen LogP contribution in [0.15, 0.2) is 42.5 Å². The molecule has 0 radical (unpaired) electrons. The molecule has 0 aliphatic heterocycles. The van der Waals surface area contributed by atoms with Gasteiger partial charge >= 0.3 is 0 Å². The van der Waals surface area contributed by atoms with E-state index < -0.39 is 6.04 Å². The SMILES string of the molecule is CCCNC(=O)[C@H](C)N(Cc1ccc(Cl)c(Cl)c1)C(=O)COc1ccccc1C(C)(C)C. The summed E-state index contributed by atoms with van der Waals surface area (Å²) in [7, 11) is 0. The van der Waals surface area contributed by atoms with E-state index in [1.54, 1.807) is 25.1 Å². The third-order valence-corrected chi connectivity index (χ3v) is 5.84. The molecular weight excluding hydrogens is 447 g/mol. The van der Waals surface area contributed by atoms with Crippen LogP contribution in [-0.4, -0.2) is 35.9 Å². The van der Waals surface area contributed by atoms with Gasteiger partial charge in [0.1, 0.15) is 11.8 Å². The standard InChI is InChI=1S/C25H32Cl2N2O3/c1-6-13-28-24(31)17(2)29(15-18-11-12-20(26)21(27)14-18)23(30)16-32-22-10-8-7-9-19(22)25(3,4)5/h7-12,14,17H,6,13,15-16H2,1-5H3,(H,28,31)/t17-/m0/s1. The number of amides is 2. The molecule has 2 rings (SSSR count). The van der Waals surface area contributed by atoms with Crippen LogP contribution in [0.2, 0.25) is 10.0 Å². The molecule has 2 aromatic rings. The number of hydrogen-bond donors (Lipinski definition) is 1. The Morgan fingerprint density at radius 3 is 2.41 bits per heavy atom. The van der Waals surface area contributed by atoms with Crippen LogP contribution < -0.4 is 10.1 Å². The van der Waals surface area contributed by atoms with Crippen LogP contribution in [0.5, 0.6) is 5.75 Å². The maximum Gasteiger partial charge on any atom is 0.261 e. The van der Waals surface area contributed by atoms with E-state index in [-0.39, 0.29) is 30.4 Å². The lowest BCUT2D eigenvalue weighted by Gasteiger charge is -2.29. The molecule has 1 atom stereocenters. The molecule has 174 valence electrons. The van der Waals surface area contributed by atoms with E-state index in [2.05, 4.69) is 26.1 Å². The molecule has 0 aliphatic carbocycles. The lowest BCUT2D eigenvalue weighted by atomic mass is 9.86. The smallest absolute Gasteiger partial charge is 0.261 e. The Balaban J connectivity index is 2.23. The number of carbonyl (C=O) groups excluding carboxylic acids is 2. The molecule has 0 unspecified atom stereocenters. The van der Waals surface area contributed by atoms with E-state index >= 15 is 0 Å². The molecule has 0 spiro atoms. The van der Waals surface area contributed by atoms with Crippen LogP contribution in [0, 0.1) is 0 Å². The molecule has 0 heterocycles. The molecular formula is C25H32Cl2N2O3. The Morgan fingerprint density at radius 2 is 1.78 bits per heavy atom. The van der Waals surface area contributed by atoms with Crippen molar-refractivity contribution < 1.29 is 14.3 Å². The van der Waals surface area contributed by atoms with Gasteiger partial charge in [-0.05, 0) is 48.1 Å². The van der Waals surface area contributed by atoms with E-state index in [1.807, 2.05) is 31.2 Å². The fraction of sp³-hybridized carbons (Fsp3) is 0.440. The Morgan fingerprint density at radius 1 is 1.09 bits per heavy atom. The lowest BCUT2D eigenvalue weighted by Crippen LogP contribution is -2.49. The number of carbonyl (C=O) groups is 2. The first kappa shape index (κ1) is 26.0. The summed E-state index contributed by atoms with van der Waals surface area (Å²) in [6.45, 7) is 10.5. The van der Waals surface area contributed by atoms with Crippen LogP contribution >= 0.6 is 23.2 Å². The van der Waals surface area contributed by atoms with Crippen LogP contribution in [0.4, 0.5) is 0 Å². The van der Waals surface area contributed by atoms with Crippen LogP contribution in [-0.2, 0) is 21.5 Å². The third kappa shape index (κ3) is 7.14. The Hall–Kier alpha value is -2.24. The predicted octanol–water partition coefficient (Wildman–Crippen LogP) is 5.61. The number of ether oxygens (including phenoxy) is 1. The first-order valence-corrected chi connectivity index (χ1v) is 11.5. The number of halogens is 2. The van der Waals surface area contributed by atoms with E-state index in [1.165, 1.54) is 4.90 Å². The van der Waals surface area contributed by atoms with Gasteiger partial charge in [-0.15, -0.1) is 0 Å². The van der Waals surface area contributed by atoms with Crippen LogP contribution in [0.25, 0.3) is 0 Å². The molecule has 0 aliphatic rings. The highest BCUT2D eigenvalue weighted by Crippen LogP contribution is 2.31. The van der Waals surface area contributed by atoms with Gasteiger partial charge < -0.3 is 15.0 Å². The highest BCUT2D eigenvalue weighted by molar-refractivity contribution is 6.42. The van der Waals surface area contributed by atoms with Gasteiger partial charge in [-0.3, -0.25) is 9.59 Å². The minimum absolute atomic E-state index is 0.132. The van der Waals surface area contributed by atoms with Crippen molar-refractivity contribution in [2.45, 2.75) is 59.0 Å². The first-order valence-electron chi connectivity index (χ1n) is 10.8. The molecule has 0 bridgehead atoms. The molecule has 7 heteroatoms. The quantitative estimate of drug-likeness (QED) is 0.509. The summed E-state index contributed by atoms with van der Waals surface area (Å²) >= 11 is 12.2. The van der Waals surface area contributed by atoms with Crippen molar-refractivity contribution in [3.05, 3.63) is 63.6 Å². The maximum atomic E-state index is 13.2. The minimum Gasteiger partial charge on any atom is -0.483 e. The predicted molar refractivity (Wildman–Crippen MR) is 130 cm³/mol. The van der Waals surface area contributed by atoms with Gasteiger partial charge in [-0.2, -0.15) is 0 Å². The summed E-state index contributed by atoms with van der Waals surface area (Å²) in [4.78, 5) is 27.3. The highest BCUT2D eigenvalue weighted by Gasteiger charge is 2.27. The number of hydrogen-bond acceptors (Lipinski definition) is 3. The van der Waals surface area contributed by atoms with E-state index in [4.69, 9.17) is 27.9 Å². The topological polar surface area (TPSA) is 58.6 Å². The average molecular weight is 479 g/mol. The number of benzene rings is 2. The number of para-hydroxylation sites is 1. The van der Waals surface area contributed by atoms with Gasteiger partial charge in [0.15, 0.2) is 6.61 Å². The maximum absolute atomic E-state index is 13.2. The second-order valence-corrected chi connectivity index (χ2v) is 9.59. The zero-order valence-corrected chi connectivity index (χ0v) is 20.9. The van der Waals surface area contributed by atoms with Gasteiger partial charge in [-0.25, -0.2) is 0 Å². The zero-order chi connectivity index (χ0) is 23.9. The highest BCUT2D eigenvalue weighted by atomic mass is 35.5. The van der Waals surface area contributed by atoms with E-state index in [0.29, 0.717) is 22.3 Å². The van der Waals surface area contributed by atoms with Gasteiger partial charge in [-0.1, -0.05) is 75.2 Å². The van der Waals surface area contributed by atoms with Crippen molar-refractivity contribution in [2.24, 2.45) is 0 Å². The van der Waals surface area contributed by atoms with Crippen LogP contribution in [0.3, 0.4) is 0 Å².